The molecule has 1 heterocycles. The Morgan fingerprint density at radius 3 is 2.29 bits per heavy atom. The van der Waals surface area contributed by atoms with Gasteiger partial charge in [0.15, 0.2) is 6.29 Å². The highest BCUT2D eigenvalue weighted by Gasteiger charge is 2.22. The third-order valence-corrected chi connectivity index (χ3v) is 2.13. The zero-order valence-corrected chi connectivity index (χ0v) is 9.53. The molecule has 0 aromatic carbocycles. The average Bonchev–Trinajstić information content (AvgIpc) is 2.46. The summed E-state index contributed by atoms with van der Waals surface area (Å²) in [6.45, 7) is 10.3. The zero-order chi connectivity index (χ0) is 10.9. The Hall–Kier alpha value is -1.12. The Balaban J connectivity index is 3.22. The molecule has 3 nitrogen and oxygen atoms in total. The first-order valence-corrected chi connectivity index (χ1v) is 4.91. The molecule has 0 fully saturated rings. The Kier molecular flexibility index (Phi) is 2.79. The van der Waals surface area contributed by atoms with Gasteiger partial charge in [-0.15, -0.1) is 0 Å². The molecule has 0 saturated carbocycles. The molecule has 0 spiro atoms. The summed E-state index contributed by atoms with van der Waals surface area (Å²) in [4.78, 5) is 10.9. The zero-order valence-electron chi connectivity index (χ0n) is 9.53. The van der Waals surface area contributed by atoms with Crippen LogP contribution in [0, 0.1) is 0 Å². The molecule has 0 aliphatic heterocycles. The number of rotatable bonds is 2. The Morgan fingerprint density at radius 2 is 2.00 bits per heavy atom. The topological polar surface area (TPSA) is 34.9 Å². The van der Waals surface area contributed by atoms with E-state index in [1.165, 1.54) is 0 Å². The van der Waals surface area contributed by atoms with Crippen LogP contribution >= 0.6 is 0 Å². The van der Waals surface area contributed by atoms with Crippen molar-refractivity contribution < 1.29 is 4.79 Å². The van der Waals surface area contributed by atoms with Crippen LogP contribution in [0.1, 0.15) is 56.7 Å². The molecule has 1 aromatic rings. The number of hydrogen-bond donors (Lipinski definition) is 0. The van der Waals surface area contributed by atoms with Gasteiger partial charge in [-0.25, -0.2) is 0 Å². The second-order valence-corrected chi connectivity index (χ2v) is 4.87. The molecule has 0 saturated heterocycles. The van der Waals surface area contributed by atoms with E-state index in [2.05, 4.69) is 25.9 Å². The van der Waals surface area contributed by atoms with Crippen LogP contribution in [0.25, 0.3) is 0 Å². The molecular formula is C11H18N2O. The molecule has 1 aromatic heterocycles. The smallest absolute Gasteiger partial charge is 0.153 e. The molecule has 0 aliphatic carbocycles. The van der Waals surface area contributed by atoms with Crippen LogP contribution in [0.4, 0.5) is 0 Å². The number of aromatic nitrogens is 2. The van der Waals surface area contributed by atoms with Crippen molar-refractivity contribution in [2.24, 2.45) is 0 Å². The van der Waals surface area contributed by atoms with E-state index in [-0.39, 0.29) is 5.41 Å². The molecule has 0 atom stereocenters. The highest BCUT2D eigenvalue weighted by atomic mass is 16.1. The summed E-state index contributed by atoms with van der Waals surface area (Å²) in [6.07, 6.45) is 2.70. The molecule has 3 heteroatoms. The van der Waals surface area contributed by atoms with Crippen LogP contribution in [-0.2, 0) is 5.41 Å². The van der Waals surface area contributed by atoms with Crippen molar-refractivity contribution in [2.45, 2.75) is 46.1 Å². The number of carbonyl (C=O) groups is 1. The van der Waals surface area contributed by atoms with E-state index in [0.29, 0.717) is 11.6 Å². The summed E-state index contributed by atoms with van der Waals surface area (Å²) in [7, 11) is 0. The van der Waals surface area contributed by atoms with Crippen molar-refractivity contribution in [1.29, 1.82) is 0 Å². The minimum absolute atomic E-state index is 0.0730. The standard InChI is InChI=1S/C11H18N2O/c1-8(2)13-6-9(7-14)10(12-13)11(3,4)5/h6-8H,1-5H3. The molecule has 0 bridgehead atoms. The van der Waals surface area contributed by atoms with Crippen molar-refractivity contribution in [3.05, 3.63) is 17.5 Å². The van der Waals surface area contributed by atoms with E-state index in [1.54, 1.807) is 0 Å². The van der Waals surface area contributed by atoms with Crippen LogP contribution in [0.5, 0.6) is 0 Å². The maximum Gasteiger partial charge on any atom is 0.153 e. The van der Waals surface area contributed by atoms with E-state index >= 15 is 0 Å². The molecule has 0 aliphatic rings. The monoisotopic (exact) mass is 194 g/mol. The molecule has 0 radical (unpaired) electrons. The Morgan fingerprint density at radius 1 is 1.43 bits per heavy atom. The number of nitrogens with zero attached hydrogens (tertiary/aromatic N) is 2. The summed E-state index contributed by atoms with van der Waals surface area (Å²) in [5.74, 6) is 0. The number of aldehydes is 1. The van der Waals surface area contributed by atoms with Gasteiger partial charge < -0.3 is 0 Å². The summed E-state index contributed by atoms with van der Waals surface area (Å²) in [5, 5.41) is 4.44. The van der Waals surface area contributed by atoms with Crippen molar-refractivity contribution in [3.63, 3.8) is 0 Å². The SMILES string of the molecule is CC(C)n1cc(C=O)c(C(C)(C)C)n1. The number of hydrogen-bond acceptors (Lipinski definition) is 2. The van der Waals surface area contributed by atoms with Crippen molar-refractivity contribution in [2.75, 3.05) is 0 Å². The van der Waals surface area contributed by atoms with Crippen molar-refractivity contribution >= 4 is 6.29 Å². The highest BCUT2D eigenvalue weighted by molar-refractivity contribution is 5.76. The fourth-order valence-corrected chi connectivity index (χ4v) is 1.34. The lowest BCUT2D eigenvalue weighted by Gasteiger charge is -2.15. The molecule has 0 N–H and O–H groups in total. The van der Waals surface area contributed by atoms with Gasteiger partial charge >= 0.3 is 0 Å². The van der Waals surface area contributed by atoms with Crippen LogP contribution < -0.4 is 0 Å². The molecular weight excluding hydrogens is 176 g/mol. The molecule has 78 valence electrons. The van der Waals surface area contributed by atoms with Gasteiger partial charge in [-0.3, -0.25) is 9.48 Å². The third-order valence-electron chi connectivity index (χ3n) is 2.13. The minimum Gasteiger partial charge on any atom is -0.298 e. The predicted molar refractivity (Wildman–Crippen MR) is 56.7 cm³/mol. The summed E-state index contributed by atoms with van der Waals surface area (Å²) >= 11 is 0. The summed E-state index contributed by atoms with van der Waals surface area (Å²) in [5.41, 5.74) is 1.50. The van der Waals surface area contributed by atoms with Gasteiger partial charge in [0.2, 0.25) is 0 Å². The van der Waals surface area contributed by atoms with Gasteiger partial charge in [-0.05, 0) is 13.8 Å². The van der Waals surface area contributed by atoms with E-state index in [0.717, 1.165) is 12.0 Å². The van der Waals surface area contributed by atoms with Gasteiger partial charge in [0, 0.05) is 17.7 Å². The second kappa shape index (κ2) is 3.56. The first-order valence-electron chi connectivity index (χ1n) is 4.91. The normalized spacial score (nSPS) is 12.1. The summed E-state index contributed by atoms with van der Waals surface area (Å²) < 4.78 is 1.84. The number of carbonyl (C=O) groups excluding carboxylic acids is 1. The lowest BCUT2D eigenvalue weighted by atomic mass is 9.90. The molecule has 1 rings (SSSR count). The fraction of sp³-hybridized carbons (Fsp3) is 0.636. The van der Waals surface area contributed by atoms with Crippen LogP contribution in [-0.4, -0.2) is 16.1 Å². The van der Waals surface area contributed by atoms with E-state index in [1.807, 2.05) is 24.7 Å². The fourth-order valence-electron chi connectivity index (χ4n) is 1.34. The first kappa shape index (κ1) is 11.0. The van der Waals surface area contributed by atoms with Crippen LogP contribution in [0.15, 0.2) is 6.20 Å². The van der Waals surface area contributed by atoms with Gasteiger partial charge in [0.1, 0.15) is 0 Å². The van der Waals surface area contributed by atoms with E-state index in [9.17, 15) is 4.79 Å². The minimum atomic E-state index is -0.0730. The average molecular weight is 194 g/mol. The van der Waals surface area contributed by atoms with E-state index < -0.39 is 0 Å². The van der Waals surface area contributed by atoms with Gasteiger partial charge in [-0.2, -0.15) is 5.10 Å². The molecule has 0 amide bonds. The van der Waals surface area contributed by atoms with Crippen LogP contribution in [0.3, 0.4) is 0 Å². The van der Waals surface area contributed by atoms with Gasteiger partial charge in [0.25, 0.3) is 0 Å². The third kappa shape index (κ3) is 2.03. The largest absolute Gasteiger partial charge is 0.298 e. The van der Waals surface area contributed by atoms with E-state index in [4.69, 9.17) is 0 Å². The highest BCUT2D eigenvalue weighted by Crippen LogP contribution is 2.24. The second-order valence-electron chi connectivity index (χ2n) is 4.87. The van der Waals surface area contributed by atoms with Gasteiger partial charge in [0.05, 0.1) is 11.3 Å². The maximum absolute atomic E-state index is 10.9. The lowest BCUT2D eigenvalue weighted by molar-refractivity contribution is 0.112. The van der Waals surface area contributed by atoms with Crippen molar-refractivity contribution in [3.8, 4) is 0 Å². The quantitative estimate of drug-likeness (QED) is 0.678. The molecule has 0 unspecified atom stereocenters. The lowest BCUT2D eigenvalue weighted by Crippen LogP contribution is -2.15. The molecule has 14 heavy (non-hydrogen) atoms. The predicted octanol–water partition coefficient (Wildman–Crippen LogP) is 2.57. The summed E-state index contributed by atoms with van der Waals surface area (Å²) in [6, 6.07) is 0.296. The van der Waals surface area contributed by atoms with Crippen LogP contribution in [0.2, 0.25) is 0 Å². The first-order chi connectivity index (χ1) is 6.36. The van der Waals surface area contributed by atoms with Gasteiger partial charge in [-0.1, -0.05) is 20.8 Å². The Labute approximate surface area is 85.1 Å². The Bertz CT molecular complexity index is 332. The maximum atomic E-state index is 10.9. The van der Waals surface area contributed by atoms with Crippen molar-refractivity contribution in [1.82, 2.24) is 9.78 Å².